The van der Waals surface area contributed by atoms with Gasteiger partial charge in [0.05, 0.1) is 12.2 Å². The van der Waals surface area contributed by atoms with E-state index >= 15 is 0 Å². The van der Waals surface area contributed by atoms with Crippen molar-refractivity contribution in [2.45, 2.75) is 78.6 Å². The number of hydrogen-bond acceptors (Lipinski definition) is 5. The van der Waals surface area contributed by atoms with Gasteiger partial charge in [0.1, 0.15) is 11.6 Å². The zero-order valence-electron chi connectivity index (χ0n) is 21.2. The lowest BCUT2D eigenvalue weighted by atomic mass is 9.60. The number of rotatable bonds is 2. The SMILES string of the molecule is C=C1C(C)=CC2C1(O)CC(CO)=CC1[C@H]3C(C[C@@H](C)C12O)C3(C)C.CC(C)(C)C(N)C(=O)O. The molecule has 0 aliphatic heterocycles. The Bertz CT molecular complexity index is 897. The number of aliphatic carboxylic acids is 1. The van der Waals surface area contributed by atoms with Crippen LogP contribution in [0.4, 0.5) is 0 Å². The Balaban J connectivity index is 0.000000292. The van der Waals surface area contributed by atoms with E-state index in [-0.39, 0.29) is 35.2 Å². The van der Waals surface area contributed by atoms with Crippen LogP contribution in [0.1, 0.15) is 61.3 Å². The fourth-order valence-corrected chi connectivity index (χ4v) is 6.78. The number of carboxylic acids is 1. The summed E-state index contributed by atoms with van der Waals surface area (Å²) in [5.41, 5.74) is 5.52. The second kappa shape index (κ2) is 8.04. The van der Waals surface area contributed by atoms with E-state index in [4.69, 9.17) is 10.8 Å². The number of fused-ring (bicyclic) bond motifs is 5. The van der Waals surface area contributed by atoms with E-state index in [0.717, 1.165) is 17.6 Å². The number of aliphatic hydroxyl groups is 3. The lowest BCUT2D eigenvalue weighted by molar-refractivity contribution is -0.149. The Hall–Kier alpha value is -1.47. The first-order valence-corrected chi connectivity index (χ1v) is 12.1. The van der Waals surface area contributed by atoms with Gasteiger partial charge >= 0.3 is 5.97 Å². The van der Waals surface area contributed by atoms with E-state index in [9.17, 15) is 20.1 Å². The first-order valence-electron chi connectivity index (χ1n) is 12.1. The van der Waals surface area contributed by atoms with E-state index in [1.165, 1.54) is 0 Å². The van der Waals surface area contributed by atoms with Gasteiger partial charge in [-0.15, -0.1) is 0 Å². The fraction of sp³-hybridized carbons (Fsp3) is 0.741. The van der Waals surface area contributed by atoms with Crippen LogP contribution in [0.15, 0.2) is 35.5 Å². The molecular formula is C27H43NO5. The number of carboxylic acid groups (broad SMARTS) is 1. The molecule has 33 heavy (non-hydrogen) atoms. The first-order chi connectivity index (χ1) is 14.9. The predicted octanol–water partition coefficient (Wildman–Crippen LogP) is 3.28. The average Bonchev–Trinajstić information content (AvgIpc) is 3.19. The van der Waals surface area contributed by atoms with Gasteiger partial charge in [0.25, 0.3) is 0 Å². The molecule has 0 heterocycles. The molecule has 0 amide bonds. The summed E-state index contributed by atoms with van der Waals surface area (Å²) in [5.74, 6) is -0.165. The molecule has 4 aliphatic rings. The van der Waals surface area contributed by atoms with Crippen molar-refractivity contribution >= 4 is 5.97 Å². The maximum atomic E-state index is 12.0. The molecule has 0 radical (unpaired) electrons. The van der Waals surface area contributed by atoms with Crippen molar-refractivity contribution in [2.75, 3.05) is 6.61 Å². The average molecular weight is 462 g/mol. The van der Waals surface area contributed by atoms with Crippen LogP contribution >= 0.6 is 0 Å². The Kier molecular flexibility index (Phi) is 6.37. The monoisotopic (exact) mass is 461 g/mol. The minimum absolute atomic E-state index is 0.0163. The summed E-state index contributed by atoms with van der Waals surface area (Å²) in [6, 6.07) is -0.766. The van der Waals surface area contributed by atoms with Gasteiger partial charge in [0.2, 0.25) is 0 Å². The van der Waals surface area contributed by atoms with Crippen molar-refractivity contribution in [2.24, 2.45) is 46.2 Å². The number of hydrogen-bond donors (Lipinski definition) is 5. The van der Waals surface area contributed by atoms with Gasteiger partial charge in [-0.05, 0) is 58.6 Å². The summed E-state index contributed by atoms with van der Waals surface area (Å²) in [4.78, 5) is 10.2. The van der Waals surface area contributed by atoms with E-state index in [1.54, 1.807) is 20.8 Å². The van der Waals surface area contributed by atoms with Gasteiger partial charge in [-0.2, -0.15) is 0 Å². The molecule has 0 aromatic rings. The van der Waals surface area contributed by atoms with Gasteiger partial charge in [0.15, 0.2) is 0 Å². The highest BCUT2D eigenvalue weighted by Crippen LogP contribution is 2.73. The van der Waals surface area contributed by atoms with Crippen molar-refractivity contribution in [1.82, 2.24) is 0 Å². The summed E-state index contributed by atoms with van der Waals surface area (Å²) >= 11 is 0. The minimum atomic E-state index is -1.18. The number of nitrogens with two attached hydrogens (primary N) is 1. The van der Waals surface area contributed by atoms with Crippen molar-refractivity contribution in [3.63, 3.8) is 0 Å². The molecule has 4 rings (SSSR count). The van der Waals surface area contributed by atoms with Crippen LogP contribution in [-0.4, -0.2) is 50.2 Å². The Labute approximate surface area is 198 Å². The Morgan fingerprint density at radius 3 is 2.30 bits per heavy atom. The van der Waals surface area contributed by atoms with Crippen LogP contribution < -0.4 is 5.73 Å². The molecule has 6 nitrogen and oxygen atoms in total. The third-order valence-corrected chi connectivity index (χ3v) is 9.20. The molecule has 6 heteroatoms. The molecular weight excluding hydrogens is 418 g/mol. The van der Waals surface area contributed by atoms with Gasteiger partial charge in [0, 0.05) is 18.3 Å². The summed E-state index contributed by atoms with van der Waals surface area (Å²) in [7, 11) is 0. The van der Waals surface area contributed by atoms with E-state index in [1.807, 2.05) is 13.0 Å². The van der Waals surface area contributed by atoms with Gasteiger partial charge in [-0.1, -0.05) is 60.3 Å². The second-order valence-electron chi connectivity index (χ2n) is 12.6. The normalized spacial score (nSPS) is 41.8. The van der Waals surface area contributed by atoms with Crippen LogP contribution in [0.25, 0.3) is 0 Å². The Morgan fingerprint density at radius 1 is 1.27 bits per heavy atom. The van der Waals surface area contributed by atoms with Crippen molar-refractivity contribution in [3.05, 3.63) is 35.5 Å². The number of carbonyl (C=O) groups is 1. The lowest BCUT2D eigenvalue weighted by Gasteiger charge is -2.49. The quantitative estimate of drug-likeness (QED) is 0.402. The summed E-state index contributed by atoms with van der Waals surface area (Å²) < 4.78 is 0. The van der Waals surface area contributed by atoms with Crippen molar-refractivity contribution in [1.29, 1.82) is 0 Å². The van der Waals surface area contributed by atoms with E-state index in [2.05, 4.69) is 33.4 Å². The zero-order chi connectivity index (χ0) is 25.3. The van der Waals surface area contributed by atoms with Crippen LogP contribution in [-0.2, 0) is 4.79 Å². The smallest absolute Gasteiger partial charge is 0.321 e. The largest absolute Gasteiger partial charge is 0.480 e. The molecule has 6 N–H and O–H groups in total. The molecule has 8 atom stereocenters. The molecule has 0 spiro atoms. The van der Waals surface area contributed by atoms with Crippen LogP contribution in [0.5, 0.6) is 0 Å². The summed E-state index contributed by atoms with van der Waals surface area (Å²) in [5, 5.41) is 41.8. The highest BCUT2D eigenvalue weighted by Gasteiger charge is 2.72. The van der Waals surface area contributed by atoms with Gasteiger partial charge < -0.3 is 26.2 Å². The highest BCUT2D eigenvalue weighted by molar-refractivity contribution is 5.74. The molecule has 186 valence electrons. The maximum absolute atomic E-state index is 12.0. The molecule has 0 aromatic heterocycles. The van der Waals surface area contributed by atoms with Crippen molar-refractivity contribution in [3.8, 4) is 0 Å². The highest BCUT2D eigenvalue weighted by atomic mass is 16.4. The lowest BCUT2D eigenvalue weighted by Crippen LogP contribution is -2.58. The van der Waals surface area contributed by atoms with E-state index in [0.29, 0.717) is 23.8 Å². The molecule has 0 bridgehead atoms. The zero-order valence-corrected chi connectivity index (χ0v) is 21.2. The molecule has 2 saturated carbocycles. The Morgan fingerprint density at radius 2 is 1.85 bits per heavy atom. The molecule has 0 saturated heterocycles. The first kappa shape index (κ1) is 26.1. The molecule has 2 fully saturated rings. The van der Waals surface area contributed by atoms with E-state index < -0.39 is 23.2 Å². The van der Waals surface area contributed by atoms with Crippen LogP contribution in [0.2, 0.25) is 0 Å². The minimum Gasteiger partial charge on any atom is -0.480 e. The number of aliphatic hydroxyl groups excluding tert-OH is 1. The van der Waals surface area contributed by atoms with Gasteiger partial charge in [-0.25, -0.2) is 0 Å². The third-order valence-electron chi connectivity index (χ3n) is 9.20. The second-order valence-corrected chi connectivity index (χ2v) is 12.6. The fourth-order valence-electron chi connectivity index (χ4n) is 6.78. The maximum Gasteiger partial charge on any atom is 0.321 e. The summed E-state index contributed by atoms with van der Waals surface area (Å²) in [6.07, 6.45) is 5.49. The summed E-state index contributed by atoms with van der Waals surface area (Å²) in [6.45, 7) is 18.1. The molecule has 0 aromatic carbocycles. The third kappa shape index (κ3) is 3.93. The van der Waals surface area contributed by atoms with Crippen LogP contribution in [0, 0.1) is 40.4 Å². The molecule has 4 aliphatic carbocycles. The van der Waals surface area contributed by atoms with Gasteiger partial charge in [-0.3, -0.25) is 4.79 Å². The van der Waals surface area contributed by atoms with Crippen LogP contribution in [0.3, 0.4) is 0 Å². The standard InChI is InChI=1S/C21H30O3.C6H13NO2/c1-11-6-17-20(23,13(11)3)9-14(10-22)8-16-18-15(19(18,4)5)7-12(2)21(16,17)24;1-6(2,3)4(7)5(8)9/h6,8,12,15-18,22-24H,3,7,9-10H2,1-2,4-5H3;4H,7H2,1-3H3,(H,8,9)/t12-,15?,16?,17?,18-,20?,21?;/m1./s1. The molecule has 6 unspecified atom stereocenters. The topological polar surface area (TPSA) is 124 Å². The van der Waals surface area contributed by atoms with Crippen molar-refractivity contribution < 1.29 is 25.2 Å². The predicted molar refractivity (Wildman–Crippen MR) is 129 cm³/mol.